The molecular formula is C17H15BrN2O2S. The Kier molecular flexibility index (Phi) is 4.73. The van der Waals surface area contributed by atoms with Crippen LogP contribution >= 0.6 is 27.7 Å². The predicted octanol–water partition coefficient (Wildman–Crippen LogP) is 3.77. The molecule has 0 bridgehead atoms. The summed E-state index contributed by atoms with van der Waals surface area (Å²) in [5, 5.41) is 2.81. The number of carbonyl (C=O) groups excluding carboxylic acids is 2. The summed E-state index contributed by atoms with van der Waals surface area (Å²) in [4.78, 5) is 26.7. The van der Waals surface area contributed by atoms with E-state index >= 15 is 0 Å². The Morgan fingerprint density at radius 3 is 2.74 bits per heavy atom. The maximum absolute atomic E-state index is 12.6. The number of rotatable bonds is 3. The first-order chi connectivity index (χ1) is 11.0. The summed E-state index contributed by atoms with van der Waals surface area (Å²) in [6, 6.07) is 13.3. The van der Waals surface area contributed by atoms with E-state index in [1.54, 1.807) is 18.0 Å². The smallest absolute Gasteiger partial charge is 0.253 e. The predicted molar refractivity (Wildman–Crippen MR) is 95.7 cm³/mol. The second-order valence-corrected chi connectivity index (χ2v) is 7.27. The lowest BCUT2D eigenvalue weighted by Gasteiger charge is -2.20. The van der Waals surface area contributed by atoms with Crippen LogP contribution in [0.4, 0.5) is 5.69 Å². The van der Waals surface area contributed by atoms with Gasteiger partial charge >= 0.3 is 0 Å². The Hall–Kier alpha value is -1.79. The number of carbonyl (C=O) groups is 2. The Labute approximate surface area is 147 Å². The van der Waals surface area contributed by atoms with Crippen molar-refractivity contribution in [3.05, 3.63) is 58.1 Å². The van der Waals surface area contributed by atoms with E-state index in [4.69, 9.17) is 0 Å². The van der Waals surface area contributed by atoms with Gasteiger partial charge in [0.1, 0.15) is 0 Å². The molecule has 4 nitrogen and oxygen atoms in total. The molecule has 0 saturated heterocycles. The van der Waals surface area contributed by atoms with Crippen LogP contribution in [0.15, 0.2) is 51.8 Å². The van der Waals surface area contributed by atoms with Gasteiger partial charge in [0.2, 0.25) is 5.91 Å². The lowest BCUT2D eigenvalue weighted by atomic mass is 10.1. The molecule has 0 aromatic heterocycles. The van der Waals surface area contributed by atoms with Gasteiger partial charge in [-0.05, 0) is 35.9 Å². The molecule has 0 atom stereocenters. The number of amides is 2. The highest BCUT2D eigenvalue weighted by Crippen LogP contribution is 2.32. The van der Waals surface area contributed by atoms with Gasteiger partial charge in [0.15, 0.2) is 0 Å². The molecule has 0 aliphatic carbocycles. The van der Waals surface area contributed by atoms with Crippen LogP contribution in [0.1, 0.15) is 15.9 Å². The second kappa shape index (κ2) is 6.76. The van der Waals surface area contributed by atoms with E-state index in [-0.39, 0.29) is 11.8 Å². The summed E-state index contributed by atoms with van der Waals surface area (Å²) in [5.41, 5.74) is 2.35. The van der Waals surface area contributed by atoms with Crippen LogP contribution < -0.4 is 5.32 Å². The number of fused-ring (bicyclic) bond motifs is 1. The number of nitrogens with zero attached hydrogens (tertiary/aromatic N) is 1. The minimum absolute atomic E-state index is 0.0321. The highest BCUT2D eigenvalue weighted by Gasteiger charge is 2.19. The average molecular weight is 391 g/mol. The van der Waals surface area contributed by atoms with Gasteiger partial charge in [-0.1, -0.05) is 28.1 Å². The van der Waals surface area contributed by atoms with Crippen molar-refractivity contribution in [3.63, 3.8) is 0 Å². The molecule has 1 heterocycles. The molecule has 118 valence electrons. The third-order valence-corrected chi connectivity index (χ3v) is 5.14. The quantitative estimate of drug-likeness (QED) is 0.867. The molecule has 0 saturated carbocycles. The zero-order valence-electron chi connectivity index (χ0n) is 12.5. The normalized spacial score (nSPS) is 13.2. The third-order valence-electron chi connectivity index (χ3n) is 3.54. The second-order valence-electron chi connectivity index (χ2n) is 5.34. The number of hydrogen-bond acceptors (Lipinski definition) is 3. The maximum atomic E-state index is 12.6. The van der Waals surface area contributed by atoms with Crippen LogP contribution in [0.2, 0.25) is 0 Å². The van der Waals surface area contributed by atoms with Crippen molar-refractivity contribution in [2.45, 2.75) is 11.4 Å². The van der Waals surface area contributed by atoms with Crippen LogP contribution in [0.25, 0.3) is 0 Å². The zero-order chi connectivity index (χ0) is 16.4. The fraction of sp³-hybridized carbons (Fsp3) is 0.176. The summed E-state index contributed by atoms with van der Waals surface area (Å²) in [6.07, 6.45) is 0. The molecule has 23 heavy (non-hydrogen) atoms. The van der Waals surface area contributed by atoms with E-state index in [9.17, 15) is 9.59 Å². The van der Waals surface area contributed by atoms with Gasteiger partial charge in [-0.25, -0.2) is 0 Å². The van der Waals surface area contributed by atoms with E-state index in [1.807, 2.05) is 36.4 Å². The van der Waals surface area contributed by atoms with Gasteiger partial charge in [0.05, 0.1) is 11.4 Å². The first-order valence-electron chi connectivity index (χ1n) is 7.09. The Balaban J connectivity index is 1.75. The van der Waals surface area contributed by atoms with Crippen LogP contribution in [0.3, 0.4) is 0 Å². The molecule has 2 aromatic carbocycles. The largest absolute Gasteiger partial charge is 0.337 e. The highest BCUT2D eigenvalue weighted by atomic mass is 79.9. The molecule has 2 aromatic rings. The van der Waals surface area contributed by atoms with Crippen LogP contribution in [-0.2, 0) is 11.3 Å². The van der Waals surface area contributed by atoms with E-state index in [1.165, 1.54) is 11.8 Å². The highest BCUT2D eigenvalue weighted by molar-refractivity contribution is 9.10. The van der Waals surface area contributed by atoms with E-state index in [0.29, 0.717) is 23.5 Å². The third kappa shape index (κ3) is 3.76. The Morgan fingerprint density at radius 2 is 2.00 bits per heavy atom. The Morgan fingerprint density at radius 1 is 1.26 bits per heavy atom. The average Bonchev–Trinajstić information content (AvgIpc) is 2.55. The molecule has 0 spiro atoms. The maximum Gasteiger partial charge on any atom is 0.253 e. The number of thioether (sulfide) groups is 1. The molecule has 1 N–H and O–H groups in total. The first-order valence-corrected chi connectivity index (χ1v) is 8.87. The van der Waals surface area contributed by atoms with E-state index in [2.05, 4.69) is 21.2 Å². The summed E-state index contributed by atoms with van der Waals surface area (Å²) in [5.74, 6) is 0.319. The molecule has 6 heteroatoms. The van der Waals surface area contributed by atoms with Crippen molar-refractivity contribution >= 4 is 45.2 Å². The lowest BCUT2D eigenvalue weighted by molar-refractivity contribution is -0.113. The Bertz CT molecular complexity index is 762. The fourth-order valence-corrected chi connectivity index (χ4v) is 3.42. The van der Waals surface area contributed by atoms with Crippen molar-refractivity contribution in [2.75, 3.05) is 18.1 Å². The van der Waals surface area contributed by atoms with Crippen LogP contribution in [0.5, 0.6) is 0 Å². The zero-order valence-corrected chi connectivity index (χ0v) is 14.9. The van der Waals surface area contributed by atoms with Gasteiger partial charge in [-0.3, -0.25) is 9.59 Å². The molecular weight excluding hydrogens is 376 g/mol. The van der Waals surface area contributed by atoms with Crippen LogP contribution in [0, 0.1) is 0 Å². The van der Waals surface area contributed by atoms with E-state index in [0.717, 1.165) is 14.9 Å². The van der Waals surface area contributed by atoms with E-state index < -0.39 is 0 Å². The summed E-state index contributed by atoms with van der Waals surface area (Å²) >= 11 is 4.89. The topological polar surface area (TPSA) is 49.4 Å². The monoisotopic (exact) mass is 390 g/mol. The molecule has 2 amide bonds. The molecule has 1 aliphatic heterocycles. The number of hydrogen-bond donors (Lipinski definition) is 1. The number of nitrogens with one attached hydrogen (secondary N) is 1. The van der Waals surface area contributed by atoms with Gasteiger partial charge in [0, 0.05) is 28.5 Å². The number of benzene rings is 2. The first kappa shape index (κ1) is 16.1. The van der Waals surface area contributed by atoms with Crippen molar-refractivity contribution in [1.29, 1.82) is 0 Å². The standard InChI is InChI=1S/C17H15BrN2O2S/c1-20(9-11-2-5-13(18)6-3-11)17(22)12-4-7-15-14(8-12)19-16(21)10-23-15/h2-8H,9-10H2,1H3,(H,19,21). The summed E-state index contributed by atoms with van der Waals surface area (Å²) < 4.78 is 1.01. The molecule has 0 unspecified atom stereocenters. The molecule has 0 fully saturated rings. The van der Waals surface area contributed by atoms with Gasteiger partial charge < -0.3 is 10.2 Å². The SMILES string of the molecule is CN(Cc1ccc(Br)cc1)C(=O)c1ccc2c(c1)NC(=O)CS2. The van der Waals surface area contributed by atoms with Crippen molar-refractivity contribution < 1.29 is 9.59 Å². The number of halogens is 1. The van der Waals surface area contributed by atoms with Crippen molar-refractivity contribution in [1.82, 2.24) is 4.90 Å². The molecule has 0 radical (unpaired) electrons. The van der Waals surface area contributed by atoms with Crippen molar-refractivity contribution in [2.24, 2.45) is 0 Å². The minimum Gasteiger partial charge on any atom is -0.337 e. The van der Waals surface area contributed by atoms with Gasteiger partial charge in [-0.15, -0.1) is 11.8 Å². The van der Waals surface area contributed by atoms with Crippen molar-refractivity contribution in [3.8, 4) is 0 Å². The van der Waals surface area contributed by atoms with Gasteiger partial charge in [-0.2, -0.15) is 0 Å². The van der Waals surface area contributed by atoms with Gasteiger partial charge in [0.25, 0.3) is 5.91 Å². The lowest BCUT2D eigenvalue weighted by Crippen LogP contribution is -2.26. The fourth-order valence-electron chi connectivity index (χ4n) is 2.37. The minimum atomic E-state index is -0.0689. The molecule has 3 rings (SSSR count). The van der Waals surface area contributed by atoms with Crippen LogP contribution in [-0.4, -0.2) is 29.5 Å². The summed E-state index contributed by atoms with van der Waals surface area (Å²) in [6.45, 7) is 0.532. The molecule has 1 aliphatic rings. The number of anilines is 1. The summed E-state index contributed by atoms with van der Waals surface area (Å²) in [7, 11) is 1.77.